The van der Waals surface area contributed by atoms with Gasteiger partial charge in [-0.05, 0) is 13.3 Å². The highest BCUT2D eigenvalue weighted by molar-refractivity contribution is 5.69. The van der Waals surface area contributed by atoms with Crippen molar-refractivity contribution in [1.82, 2.24) is 9.97 Å². The number of aliphatic hydroxyl groups excluding tert-OH is 4. The smallest absolute Gasteiger partial charge is 0.307 e. The van der Waals surface area contributed by atoms with E-state index in [9.17, 15) is 25.2 Å². The minimum absolute atomic E-state index is 0.0113. The number of esters is 1. The number of aliphatic hydroxyl groups is 4. The van der Waals surface area contributed by atoms with Gasteiger partial charge in [0.1, 0.15) is 24.2 Å². The first-order valence-electron chi connectivity index (χ1n) is 13.1. The lowest BCUT2D eigenvalue weighted by Gasteiger charge is -2.21. The molecule has 204 valence electrons. The molecule has 0 fully saturated rings. The van der Waals surface area contributed by atoms with Gasteiger partial charge in [-0.2, -0.15) is 0 Å². The summed E-state index contributed by atoms with van der Waals surface area (Å²) >= 11 is 0. The fourth-order valence-electron chi connectivity index (χ4n) is 3.92. The summed E-state index contributed by atoms with van der Waals surface area (Å²) in [5, 5.41) is 39.5. The van der Waals surface area contributed by atoms with Crippen LogP contribution >= 0.6 is 0 Å². The molecule has 5 atom stereocenters. The quantitative estimate of drug-likeness (QED) is 0.160. The first kappa shape index (κ1) is 30.0. The molecule has 2 rings (SSSR count). The van der Waals surface area contributed by atoms with Crippen LogP contribution in [-0.2, 0) is 9.53 Å². The van der Waals surface area contributed by atoms with Gasteiger partial charge < -0.3 is 34.0 Å². The predicted molar refractivity (Wildman–Crippen MR) is 131 cm³/mol. The lowest BCUT2D eigenvalue weighted by molar-refractivity contribution is -0.149. The summed E-state index contributed by atoms with van der Waals surface area (Å²) in [5.41, 5.74) is 0.0806. The summed E-state index contributed by atoms with van der Waals surface area (Å²) in [6, 6.07) is 0. The number of carbonyl (C=O) groups is 1. The number of ether oxygens (including phenoxy) is 1. The molecule has 0 unspecified atom stereocenters. The topological polar surface area (TPSA) is 159 Å². The van der Waals surface area contributed by atoms with E-state index in [-0.39, 0.29) is 30.2 Å². The van der Waals surface area contributed by atoms with Crippen molar-refractivity contribution in [2.75, 3.05) is 0 Å². The van der Waals surface area contributed by atoms with Crippen LogP contribution in [0.25, 0.3) is 0 Å². The second-order valence-electron chi connectivity index (χ2n) is 9.37. The molecule has 2 aromatic heterocycles. The SMILES string of the molecule is CCCCCCCCCCCCC(=O)O[C@@H](c1cnco1)c1nc([C@@H](O)C[C@@H](O)[C@@H](O)[C@@H](C)O)co1. The Bertz CT molecular complexity index is 839. The van der Waals surface area contributed by atoms with Gasteiger partial charge in [-0.3, -0.25) is 4.79 Å². The van der Waals surface area contributed by atoms with E-state index < -0.39 is 36.5 Å². The highest BCUT2D eigenvalue weighted by Crippen LogP contribution is 2.29. The van der Waals surface area contributed by atoms with E-state index >= 15 is 0 Å². The van der Waals surface area contributed by atoms with Crippen LogP contribution in [0.2, 0.25) is 0 Å². The van der Waals surface area contributed by atoms with Gasteiger partial charge >= 0.3 is 5.97 Å². The van der Waals surface area contributed by atoms with Crippen molar-refractivity contribution < 1.29 is 38.8 Å². The molecule has 0 saturated heterocycles. The van der Waals surface area contributed by atoms with Gasteiger partial charge in [-0.1, -0.05) is 64.7 Å². The second kappa shape index (κ2) is 16.5. The molecule has 10 nitrogen and oxygen atoms in total. The van der Waals surface area contributed by atoms with Gasteiger partial charge in [0.05, 0.1) is 18.4 Å². The Balaban J connectivity index is 1.83. The van der Waals surface area contributed by atoms with Gasteiger partial charge in [0, 0.05) is 12.8 Å². The van der Waals surface area contributed by atoms with E-state index in [1.54, 1.807) is 0 Å². The average Bonchev–Trinajstić information content (AvgIpc) is 3.56. The molecule has 0 bridgehead atoms. The molecule has 0 aliphatic rings. The normalized spacial score (nSPS) is 15.8. The van der Waals surface area contributed by atoms with Crippen molar-refractivity contribution in [1.29, 1.82) is 0 Å². The minimum Gasteiger partial charge on any atom is -0.445 e. The predicted octanol–water partition coefficient (Wildman–Crippen LogP) is 4.13. The van der Waals surface area contributed by atoms with Crippen LogP contribution < -0.4 is 0 Å². The fraction of sp³-hybridized carbons (Fsp3) is 0.731. The van der Waals surface area contributed by atoms with Crippen LogP contribution in [0, 0.1) is 0 Å². The van der Waals surface area contributed by atoms with E-state index in [0.717, 1.165) is 19.3 Å². The van der Waals surface area contributed by atoms with Crippen molar-refractivity contribution in [2.45, 2.75) is 121 Å². The van der Waals surface area contributed by atoms with Crippen molar-refractivity contribution in [3.8, 4) is 0 Å². The number of hydrogen-bond acceptors (Lipinski definition) is 10. The maximum atomic E-state index is 12.5. The summed E-state index contributed by atoms with van der Waals surface area (Å²) in [6.45, 7) is 3.55. The Morgan fingerprint density at radius 1 is 0.972 bits per heavy atom. The highest BCUT2D eigenvalue weighted by atomic mass is 16.6. The minimum atomic E-state index is -1.42. The Kier molecular flexibility index (Phi) is 13.7. The van der Waals surface area contributed by atoms with Crippen molar-refractivity contribution in [3.63, 3.8) is 0 Å². The maximum Gasteiger partial charge on any atom is 0.307 e. The van der Waals surface area contributed by atoms with E-state index in [1.165, 1.54) is 70.7 Å². The van der Waals surface area contributed by atoms with Crippen molar-refractivity contribution in [2.24, 2.45) is 0 Å². The number of carbonyl (C=O) groups excluding carboxylic acids is 1. The molecule has 2 aromatic rings. The van der Waals surface area contributed by atoms with Gasteiger partial charge in [-0.15, -0.1) is 0 Å². The number of nitrogens with zero attached hydrogens (tertiary/aromatic N) is 2. The largest absolute Gasteiger partial charge is 0.445 e. The summed E-state index contributed by atoms with van der Waals surface area (Å²) in [4.78, 5) is 20.6. The number of rotatable bonds is 19. The molecule has 0 aliphatic heterocycles. The monoisotopic (exact) mass is 510 g/mol. The summed E-state index contributed by atoms with van der Waals surface area (Å²) in [7, 11) is 0. The zero-order valence-electron chi connectivity index (χ0n) is 21.4. The second-order valence-corrected chi connectivity index (χ2v) is 9.37. The third-order valence-corrected chi connectivity index (χ3v) is 6.15. The van der Waals surface area contributed by atoms with Crippen LogP contribution in [0.15, 0.2) is 27.7 Å². The molecule has 0 saturated carbocycles. The first-order chi connectivity index (χ1) is 17.3. The number of hydrogen-bond donors (Lipinski definition) is 4. The Morgan fingerprint density at radius 3 is 2.19 bits per heavy atom. The number of unbranched alkanes of at least 4 members (excludes halogenated alkanes) is 9. The Hall–Kier alpha value is -2.27. The first-order valence-corrected chi connectivity index (χ1v) is 13.1. The van der Waals surface area contributed by atoms with Crippen LogP contribution in [0.1, 0.15) is 120 Å². The highest BCUT2D eigenvalue weighted by Gasteiger charge is 2.30. The number of oxazole rings is 2. The zero-order chi connectivity index (χ0) is 26.3. The fourth-order valence-corrected chi connectivity index (χ4v) is 3.92. The molecule has 0 aromatic carbocycles. The molecule has 0 spiro atoms. The molecule has 0 amide bonds. The van der Waals surface area contributed by atoms with Gasteiger partial charge in [0.2, 0.25) is 12.0 Å². The van der Waals surface area contributed by atoms with Gasteiger partial charge in [-0.25, -0.2) is 9.97 Å². The third-order valence-electron chi connectivity index (χ3n) is 6.15. The molecule has 2 heterocycles. The standard InChI is InChI=1S/C26H42N2O8/c1-3-4-5-6-7-8-9-10-11-12-13-23(32)36-25(22-15-27-17-35-22)26-28-19(16-34-26)20(30)14-21(31)24(33)18(2)29/h15-18,20-21,24-25,29-31,33H,3-14H2,1-2H3/t18-,20+,21-,24+,25+/m1/s1. The van der Waals surface area contributed by atoms with Crippen LogP contribution in [-0.4, -0.2) is 54.7 Å². The summed E-state index contributed by atoms with van der Waals surface area (Å²) in [5.74, 6) is -0.214. The molecule has 10 heteroatoms. The van der Waals surface area contributed by atoms with Gasteiger partial charge in [0.25, 0.3) is 0 Å². The van der Waals surface area contributed by atoms with Gasteiger partial charge in [0.15, 0.2) is 12.2 Å². The Morgan fingerprint density at radius 2 is 1.61 bits per heavy atom. The van der Waals surface area contributed by atoms with E-state index in [4.69, 9.17) is 13.6 Å². The third kappa shape index (κ3) is 10.4. The molecule has 4 N–H and O–H groups in total. The molecule has 36 heavy (non-hydrogen) atoms. The van der Waals surface area contributed by atoms with E-state index in [2.05, 4.69) is 16.9 Å². The Labute approximate surface area is 212 Å². The summed E-state index contributed by atoms with van der Waals surface area (Å²) < 4.78 is 16.3. The molecular weight excluding hydrogens is 468 g/mol. The molecule has 0 radical (unpaired) electrons. The summed E-state index contributed by atoms with van der Waals surface area (Å²) in [6.07, 6.45) is 9.06. The lowest BCUT2D eigenvalue weighted by atomic mass is 10.0. The average molecular weight is 511 g/mol. The van der Waals surface area contributed by atoms with Crippen LogP contribution in [0.5, 0.6) is 0 Å². The van der Waals surface area contributed by atoms with Crippen molar-refractivity contribution >= 4 is 5.97 Å². The maximum absolute atomic E-state index is 12.5. The van der Waals surface area contributed by atoms with E-state index in [1.807, 2.05) is 0 Å². The lowest BCUT2D eigenvalue weighted by Crippen LogP contribution is -2.36. The zero-order valence-corrected chi connectivity index (χ0v) is 21.4. The number of aromatic nitrogens is 2. The molecular formula is C26H42N2O8. The van der Waals surface area contributed by atoms with Crippen LogP contribution in [0.3, 0.4) is 0 Å². The van der Waals surface area contributed by atoms with E-state index in [0.29, 0.717) is 0 Å². The van der Waals surface area contributed by atoms with Crippen molar-refractivity contribution in [3.05, 3.63) is 36.2 Å². The van der Waals surface area contributed by atoms with Crippen LogP contribution in [0.4, 0.5) is 0 Å². The molecule has 0 aliphatic carbocycles.